The highest BCUT2D eigenvalue weighted by molar-refractivity contribution is 6.74. The summed E-state index contributed by atoms with van der Waals surface area (Å²) >= 11 is 6.19. The van der Waals surface area contributed by atoms with E-state index in [1.807, 2.05) is 6.07 Å². The van der Waals surface area contributed by atoms with Crippen LogP contribution in [0.2, 0.25) is 23.2 Å². The number of H-pyrrole nitrogens is 1. The monoisotopic (exact) mass is 662 g/mol. The van der Waals surface area contributed by atoms with Crippen LogP contribution in [0.1, 0.15) is 63.3 Å². The van der Waals surface area contributed by atoms with Gasteiger partial charge in [-0.2, -0.15) is 4.68 Å². The Balaban J connectivity index is 1.24. The van der Waals surface area contributed by atoms with Crippen LogP contribution in [0.25, 0.3) is 28.1 Å². The van der Waals surface area contributed by atoms with E-state index < -0.39 is 26.0 Å². The van der Waals surface area contributed by atoms with Crippen molar-refractivity contribution in [3.63, 3.8) is 0 Å². The molecule has 46 heavy (non-hydrogen) atoms. The second kappa shape index (κ2) is 10.7. The molecular formula is C32H33ClF2N8O2Si. The number of hydrogen-bond acceptors (Lipinski definition) is 7. The largest absolute Gasteiger partial charge is 0.411 e. The number of rotatable bonds is 7. The van der Waals surface area contributed by atoms with Gasteiger partial charge in [-0.15, -0.1) is 5.10 Å². The van der Waals surface area contributed by atoms with Crippen LogP contribution in [-0.2, 0) is 16.4 Å². The van der Waals surface area contributed by atoms with E-state index in [4.69, 9.17) is 16.0 Å². The Morgan fingerprint density at radius 3 is 2.61 bits per heavy atom. The van der Waals surface area contributed by atoms with Crippen LogP contribution >= 0.6 is 11.6 Å². The van der Waals surface area contributed by atoms with Gasteiger partial charge in [-0.3, -0.25) is 9.78 Å². The number of pyridine rings is 2. The topological polar surface area (TPSA) is 116 Å². The summed E-state index contributed by atoms with van der Waals surface area (Å²) in [6.07, 6.45) is 6.92. The van der Waals surface area contributed by atoms with E-state index in [2.05, 4.69) is 64.3 Å². The number of nitrogens with zero attached hydrogens (tertiary/aromatic N) is 7. The third-order valence-electron chi connectivity index (χ3n) is 9.86. The fourth-order valence-electron chi connectivity index (χ4n) is 6.03. The van der Waals surface area contributed by atoms with Crippen molar-refractivity contribution in [2.24, 2.45) is 0 Å². The Bertz CT molecular complexity index is 2030. The zero-order chi connectivity index (χ0) is 32.6. The van der Waals surface area contributed by atoms with Crippen molar-refractivity contribution in [1.82, 2.24) is 39.7 Å². The summed E-state index contributed by atoms with van der Waals surface area (Å²) in [5, 5.41) is 11.2. The van der Waals surface area contributed by atoms with Crippen molar-refractivity contribution < 1.29 is 13.2 Å². The van der Waals surface area contributed by atoms with Crippen molar-refractivity contribution in [3.8, 4) is 28.1 Å². The number of benzene rings is 1. The van der Waals surface area contributed by atoms with Gasteiger partial charge in [0.1, 0.15) is 17.8 Å². The Morgan fingerprint density at radius 1 is 1.13 bits per heavy atom. The molecule has 7 rings (SSSR count). The Hall–Kier alpha value is -4.07. The first kappa shape index (κ1) is 30.6. The molecule has 1 unspecified atom stereocenters. The highest BCUT2D eigenvalue weighted by Gasteiger charge is 2.54. The first-order valence-corrected chi connectivity index (χ1v) is 18.4. The van der Waals surface area contributed by atoms with Crippen LogP contribution in [0.5, 0.6) is 0 Å². The van der Waals surface area contributed by atoms with E-state index in [9.17, 15) is 4.79 Å². The SMILES string of the molecule is CC(C)(C)[Si](C)(C)OCc1nccc(-c2cnc(C3CC4(CC4)c4cc(-c5c(-n6cnnn6)ccc(Cl)c5F)cc(=O)n43)[nH]2)c1F. The summed E-state index contributed by atoms with van der Waals surface area (Å²) in [6, 6.07) is 7.52. The van der Waals surface area contributed by atoms with Gasteiger partial charge < -0.3 is 14.0 Å². The van der Waals surface area contributed by atoms with Crippen LogP contribution in [0.15, 0.2) is 53.8 Å². The van der Waals surface area contributed by atoms with Gasteiger partial charge in [-0.1, -0.05) is 32.4 Å². The quantitative estimate of drug-likeness (QED) is 0.192. The number of nitrogens with one attached hydrogen (secondary N) is 1. The standard InChI is InChI=1S/C32H33ClF2N8O2Si/c1-31(2,3)46(4,5)45-16-22-28(34)19(8-11-36-22)21-15-37-30(39-21)24-14-32(9-10-32)25-12-18(13-26(44)43(24)25)27-23(42-17-38-40-41-42)7-6-20(33)29(27)35/h6-8,11-13,15,17,24H,9-10,14,16H2,1-5H3,(H,37,39). The van der Waals surface area contributed by atoms with Crippen LogP contribution < -0.4 is 5.56 Å². The Kier molecular flexibility index (Phi) is 7.14. The summed E-state index contributed by atoms with van der Waals surface area (Å²) < 4.78 is 40.6. The molecule has 1 aliphatic carbocycles. The van der Waals surface area contributed by atoms with Gasteiger partial charge in [0.15, 0.2) is 20.0 Å². The van der Waals surface area contributed by atoms with Crippen molar-refractivity contribution in [1.29, 1.82) is 0 Å². The van der Waals surface area contributed by atoms with Gasteiger partial charge in [-0.25, -0.2) is 13.8 Å². The van der Waals surface area contributed by atoms with E-state index in [0.717, 1.165) is 18.5 Å². The molecule has 1 N–H and O–H groups in total. The van der Waals surface area contributed by atoms with Crippen LogP contribution in [0.4, 0.5) is 8.78 Å². The minimum Gasteiger partial charge on any atom is -0.411 e. The lowest BCUT2D eigenvalue weighted by Crippen LogP contribution is -2.40. The van der Waals surface area contributed by atoms with E-state index in [1.165, 1.54) is 23.1 Å². The molecule has 1 fully saturated rings. The average Bonchev–Trinajstić information content (AvgIpc) is 3.34. The van der Waals surface area contributed by atoms with Gasteiger partial charge in [0, 0.05) is 34.5 Å². The first-order chi connectivity index (χ1) is 21.8. The van der Waals surface area contributed by atoms with Crippen LogP contribution in [-0.4, -0.2) is 48.0 Å². The third-order valence-corrected chi connectivity index (χ3v) is 14.6. The van der Waals surface area contributed by atoms with Gasteiger partial charge in [0.2, 0.25) is 0 Å². The van der Waals surface area contributed by atoms with Gasteiger partial charge in [0.05, 0.1) is 35.2 Å². The average molecular weight is 663 g/mol. The first-order valence-electron chi connectivity index (χ1n) is 15.1. The molecule has 0 saturated heterocycles. The lowest BCUT2D eigenvalue weighted by Gasteiger charge is -2.36. The molecular weight excluding hydrogens is 630 g/mol. The van der Waals surface area contributed by atoms with Crippen LogP contribution in [0, 0.1) is 11.6 Å². The highest BCUT2D eigenvalue weighted by atomic mass is 35.5. The molecule has 5 heterocycles. The molecule has 1 saturated carbocycles. The summed E-state index contributed by atoms with van der Waals surface area (Å²) in [7, 11) is -2.11. The molecule has 5 aromatic rings. The summed E-state index contributed by atoms with van der Waals surface area (Å²) in [6.45, 7) is 10.7. The maximum absolute atomic E-state index is 15.8. The molecule has 10 nitrogen and oxygen atoms in total. The lowest BCUT2D eigenvalue weighted by molar-refractivity contribution is 0.266. The molecule has 0 bridgehead atoms. The normalized spacial score (nSPS) is 17.1. The molecule has 0 radical (unpaired) electrons. The van der Waals surface area contributed by atoms with Crippen LogP contribution in [0.3, 0.4) is 0 Å². The number of hydrogen-bond donors (Lipinski definition) is 1. The number of aromatic amines is 1. The predicted octanol–water partition coefficient (Wildman–Crippen LogP) is 6.75. The van der Waals surface area contributed by atoms with E-state index in [0.29, 0.717) is 34.8 Å². The number of fused-ring (bicyclic) bond motifs is 2. The van der Waals surface area contributed by atoms with Gasteiger partial charge in [0.25, 0.3) is 5.56 Å². The second-order valence-corrected chi connectivity index (χ2v) is 18.9. The van der Waals surface area contributed by atoms with Gasteiger partial charge in [-0.05, 0) is 77.7 Å². The number of aromatic nitrogens is 8. The molecule has 14 heteroatoms. The highest BCUT2D eigenvalue weighted by Crippen LogP contribution is 2.59. The molecule has 238 valence electrons. The smallest absolute Gasteiger partial charge is 0.252 e. The molecule has 1 aliphatic heterocycles. The number of tetrazole rings is 1. The molecule has 4 aromatic heterocycles. The van der Waals surface area contributed by atoms with Crippen molar-refractivity contribution in [3.05, 3.63) is 93.3 Å². The minimum atomic E-state index is -2.11. The van der Waals surface area contributed by atoms with E-state index in [-0.39, 0.29) is 38.9 Å². The predicted molar refractivity (Wildman–Crippen MR) is 171 cm³/mol. The third kappa shape index (κ3) is 5.01. The maximum atomic E-state index is 15.8. The van der Waals surface area contributed by atoms with Gasteiger partial charge >= 0.3 is 0 Å². The molecule has 1 atom stereocenters. The fourth-order valence-corrected chi connectivity index (χ4v) is 7.12. The van der Waals surface area contributed by atoms with Crippen molar-refractivity contribution >= 4 is 19.9 Å². The number of imidazole rings is 1. The maximum Gasteiger partial charge on any atom is 0.252 e. The molecule has 1 aromatic carbocycles. The Morgan fingerprint density at radius 2 is 1.91 bits per heavy atom. The van der Waals surface area contributed by atoms with E-state index in [1.54, 1.807) is 29.1 Å². The fraction of sp³-hybridized carbons (Fsp3) is 0.375. The van der Waals surface area contributed by atoms with E-state index >= 15 is 8.78 Å². The zero-order valence-electron chi connectivity index (χ0n) is 26.1. The second-order valence-electron chi connectivity index (χ2n) is 13.7. The minimum absolute atomic E-state index is 0.0198. The lowest BCUT2D eigenvalue weighted by atomic mass is 9.95. The number of halogens is 3. The van der Waals surface area contributed by atoms with Crippen molar-refractivity contribution in [2.45, 2.75) is 76.2 Å². The zero-order valence-corrected chi connectivity index (χ0v) is 27.9. The summed E-state index contributed by atoms with van der Waals surface area (Å²) in [5.74, 6) is -0.582. The van der Waals surface area contributed by atoms with Crippen molar-refractivity contribution in [2.75, 3.05) is 0 Å². The molecule has 1 spiro atoms. The molecule has 2 aliphatic rings. The summed E-state index contributed by atoms with van der Waals surface area (Å²) in [4.78, 5) is 26.0. The summed E-state index contributed by atoms with van der Waals surface area (Å²) in [5.41, 5.74) is 2.20. The molecule has 0 amide bonds. The Labute approximate surface area is 270 Å².